The van der Waals surface area contributed by atoms with E-state index >= 15 is 0 Å². The number of hydrogen-bond acceptors (Lipinski definition) is 3. The normalized spacial score (nSPS) is 16.4. The molecule has 0 saturated heterocycles. The first-order valence-corrected chi connectivity index (χ1v) is 6.77. The first-order chi connectivity index (χ1) is 10.1. The largest absolute Gasteiger partial charge is 0.477 e. The lowest BCUT2D eigenvalue weighted by molar-refractivity contribution is -0.122. The van der Waals surface area contributed by atoms with Crippen LogP contribution in [0, 0.1) is 5.82 Å². The van der Waals surface area contributed by atoms with Crippen LogP contribution in [0.2, 0.25) is 5.02 Å². The molecule has 21 heavy (non-hydrogen) atoms. The van der Waals surface area contributed by atoms with Gasteiger partial charge in [-0.15, -0.1) is 0 Å². The van der Waals surface area contributed by atoms with Gasteiger partial charge in [-0.05, 0) is 30.3 Å². The molecule has 108 valence electrons. The summed E-state index contributed by atoms with van der Waals surface area (Å²) < 4.78 is 18.8. The van der Waals surface area contributed by atoms with Crippen LogP contribution in [0.4, 0.5) is 15.8 Å². The summed E-state index contributed by atoms with van der Waals surface area (Å²) in [4.78, 5) is 12.2. The maximum Gasteiger partial charge on any atom is 0.267 e. The van der Waals surface area contributed by atoms with Gasteiger partial charge >= 0.3 is 0 Å². The molecule has 6 heteroatoms. The van der Waals surface area contributed by atoms with Gasteiger partial charge in [0.1, 0.15) is 11.6 Å². The zero-order chi connectivity index (χ0) is 14.8. The van der Waals surface area contributed by atoms with Gasteiger partial charge in [0.25, 0.3) is 5.91 Å². The van der Waals surface area contributed by atoms with Crippen molar-refractivity contribution in [1.82, 2.24) is 0 Å². The summed E-state index contributed by atoms with van der Waals surface area (Å²) in [5, 5.41) is 5.96. The Kier molecular flexibility index (Phi) is 3.66. The van der Waals surface area contributed by atoms with Gasteiger partial charge in [-0.1, -0.05) is 23.7 Å². The van der Waals surface area contributed by atoms with E-state index in [4.69, 9.17) is 16.3 Å². The number of amides is 1. The Bertz CT molecular complexity index is 693. The van der Waals surface area contributed by atoms with Crippen molar-refractivity contribution in [3.05, 3.63) is 53.3 Å². The number of fused-ring (bicyclic) bond motifs is 1. The molecule has 0 saturated carbocycles. The van der Waals surface area contributed by atoms with E-state index in [1.54, 1.807) is 6.07 Å². The summed E-state index contributed by atoms with van der Waals surface area (Å²) in [5.41, 5.74) is 1.06. The van der Waals surface area contributed by atoms with Crippen molar-refractivity contribution in [3.63, 3.8) is 0 Å². The second-order valence-electron chi connectivity index (χ2n) is 4.60. The number of halogens is 2. The first kappa shape index (κ1) is 13.7. The van der Waals surface area contributed by atoms with Crippen LogP contribution in [0.15, 0.2) is 42.5 Å². The number of carbonyl (C=O) groups is 1. The lowest BCUT2D eigenvalue weighted by atomic mass is 10.2. The molecule has 1 atom stereocenters. The summed E-state index contributed by atoms with van der Waals surface area (Å²) >= 11 is 5.92. The van der Waals surface area contributed by atoms with Gasteiger partial charge in [-0.25, -0.2) is 4.39 Å². The standard InChI is InChI=1S/C15H12ClFN2O2/c16-10-6-5-9(17)7-12(10)19-15(20)14-8-18-11-3-1-2-4-13(11)21-14/h1-7,14,18H,8H2,(H,19,20). The van der Waals surface area contributed by atoms with Crippen LogP contribution in [-0.2, 0) is 4.79 Å². The molecule has 0 fully saturated rings. The average Bonchev–Trinajstić information content (AvgIpc) is 2.50. The minimum absolute atomic E-state index is 0.226. The summed E-state index contributed by atoms with van der Waals surface area (Å²) in [5.74, 6) is -0.249. The highest BCUT2D eigenvalue weighted by atomic mass is 35.5. The van der Waals surface area contributed by atoms with Gasteiger partial charge in [-0.2, -0.15) is 0 Å². The third-order valence-electron chi connectivity index (χ3n) is 3.11. The van der Waals surface area contributed by atoms with E-state index in [1.165, 1.54) is 18.2 Å². The van der Waals surface area contributed by atoms with E-state index in [-0.39, 0.29) is 16.6 Å². The van der Waals surface area contributed by atoms with Crippen molar-refractivity contribution in [2.75, 3.05) is 17.2 Å². The average molecular weight is 307 g/mol. The van der Waals surface area contributed by atoms with E-state index in [2.05, 4.69) is 10.6 Å². The van der Waals surface area contributed by atoms with Crippen molar-refractivity contribution < 1.29 is 13.9 Å². The number of para-hydroxylation sites is 2. The topological polar surface area (TPSA) is 50.4 Å². The Hall–Kier alpha value is -2.27. The Morgan fingerprint density at radius 3 is 3.00 bits per heavy atom. The van der Waals surface area contributed by atoms with Crippen LogP contribution in [0.5, 0.6) is 5.75 Å². The summed E-state index contributed by atoms with van der Waals surface area (Å²) in [6.07, 6.45) is -0.709. The minimum Gasteiger partial charge on any atom is -0.477 e. The van der Waals surface area contributed by atoms with Crippen molar-refractivity contribution >= 4 is 28.9 Å². The molecule has 1 unspecified atom stereocenters. The molecule has 0 bridgehead atoms. The molecule has 1 aliphatic rings. The van der Waals surface area contributed by atoms with Gasteiger partial charge < -0.3 is 15.4 Å². The quantitative estimate of drug-likeness (QED) is 0.895. The van der Waals surface area contributed by atoms with Gasteiger partial charge in [-0.3, -0.25) is 4.79 Å². The predicted octanol–water partition coefficient (Wildman–Crippen LogP) is 3.29. The van der Waals surface area contributed by atoms with Crippen LogP contribution >= 0.6 is 11.6 Å². The van der Waals surface area contributed by atoms with Crippen LogP contribution < -0.4 is 15.4 Å². The molecule has 0 radical (unpaired) electrons. The number of anilines is 2. The zero-order valence-electron chi connectivity index (χ0n) is 10.9. The van der Waals surface area contributed by atoms with Crippen molar-refractivity contribution in [1.29, 1.82) is 0 Å². The Labute approximate surface area is 125 Å². The predicted molar refractivity (Wildman–Crippen MR) is 79.4 cm³/mol. The smallest absolute Gasteiger partial charge is 0.267 e. The lowest BCUT2D eigenvalue weighted by Crippen LogP contribution is -2.41. The second kappa shape index (κ2) is 5.61. The SMILES string of the molecule is O=C(Nc1cc(F)ccc1Cl)C1CNc2ccccc2O1. The third kappa shape index (κ3) is 2.92. The maximum absolute atomic E-state index is 13.2. The van der Waals surface area contributed by atoms with E-state index in [9.17, 15) is 9.18 Å². The zero-order valence-corrected chi connectivity index (χ0v) is 11.7. The number of benzene rings is 2. The molecule has 0 aliphatic carbocycles. The van der Waals surface area contributed by atoms with Gasteiger partial charge in [0.2, 0.25) is 0 Å². The summed E-state index contributed by atoms with van der Waals surface area (Å²) in [6, 6.07) is 11.1. The van der Waals surface area contributed by atoms with Crippen molar-refractivity contribution in [2.45, 2.75) is 6.10 Å². The van der Waals surface area contributed by atoms with Crippen LogP contribution in [0.25, 0.3) is 0 Å². The summed E-state index contributed by atoms with van der Waals surface area (Å²) in [7, 11) is 0. The molecule has 1 aliphatic heterocycles. The molecule has 2 aromatic carbocycles. The fraction of sp³-hybridized carbons (Fsp3) is 0.133. The molecule has 0 spiro atoms. The highest BCUT2D eigenvalue weighted by Gasteiger charge is 2.26. The minimum atomic E-state index is -0.709. The first-order valence-electron chi connectivity index (χ1n) is 6.39. The second-order valence-corrected chi connectivity index (χ2v) is 5.00. The Morgan fingerprint density at radius 2 is 2.14 bits per heavy atom. The van der Waals surface area contributed by atoms with Crippen molar-refractivity contribution in [3.8, 4) is 5.75 Å². The number of carbonyl (C=O) groups excluding carboxylic acids is 1. The third-order valence-corrected chi connectivity index (χ3v) is 3.44. The molecule has 2 aromatic rings. The van der Waals surface area contributed by atoms with Crippen LogP contribution in [-0.4, -0.2) is 18.6 Å². The fourth-order valence-electron chi connectivity index (χ4n) is 2.07. The fourth-order valence-corrected chi connectivity index (χ4v) is 2.23. The van der Waals surface area contributed by atoms with E-state index in [0.29, 0.717) is 12.3 Å². The van der Waals surface area contributed by atoms with E-state index in [0.717, 1.165) is 5.69 Å². The Morgan fingerprint density at radius 1 is 1.33 bits per heavy atom. The number of rotatable bonds is 2. The van der Waals surface area contributed by atoms with E-state index in [1.807, 2.05) is 18.2 Å². The van der Waals surface area contributed by atoms with E-state index < -0.39 is 11.9 Å². The molecular weight excluding hydrogens is 295 g/mol. The van der Waals surface area contributed by atoms with Gasteiger partial charge in [0.15, 0.2) is 6.10 Å². The molecular formula is C15H12ClFN2O2. The molecule has 0 aromatic heterocycles. The van der Waals surface area contributed by atoms with Crippen molar-refractivity contribution in [2.24, 2.45) is 0 Å². The molecule has 4 nitrogen and oxygen atoms in total. The highest BCUT2D eigenvalue weighted by molar-refractivity contribution is 6.33. The number of ether oxygens (including phenoxy) is 1. The Balaban J connectivity index is 1.74. The lowest BCUT2D eigenvalue weighted by Gasteiger charge is -2.26. The highest BCUT2D eigenvalue weighted by Crippen LogP contribution is 2.29. The molecule has 1 heterocycles. The van der Waals surface area contributed by atoms with Crippen LogP contribution in [0.3, 0.4) is 0 Å². The van der Waals surface area contributed by atoms with Crippen LogP contribution in [0.1, 0.15) is 0 Å². The molecule has 1 amide bonds. The molecule has 2 N–H and O–H groups in total. The number of nitrogens with one attached hydrogen (secondary N) is 2. The van der Waals surface area contributed by atoms with Gasteiger partial charge in [0, 0.05) is 0 Å². The molecule has 3 rings (SSSR count). The summed E-state index contributed by atoms with van der Waals surface area (Å²) in [6.45, 7) is 0.329. The monoisotopic (exact) mass is 306 g/mol. The number of hydrogen-bond donors (Lipinski definition) is 2. The van der Waals surface area contributed by atoms with Gasteiger partial charge in [0.05, 0.1) is 22.9 Å². The maximum atomic E-state index is 13.2.